The van der Waals surface area contributed by atoms with Crippen LogP contribution in [0.15, 0.2) is 30.6 Å². The molecule has 0 saturated heterocycles. The lowest BCUT2D eigenvalue weighted by Crippen LogP contribution is -1.94. The molecule has 0 heterocycles. The summed E-state index contributed by atoms with van der Waals surface area (Å²) < 4.78 is 5.03. The smallest absolute Gasteiger partial charge is 0.255 e. The predicted molar refractivity (Wildman–Crippen MR) is 56.3 cm³/mol. The Bertz CT molecular complexity index is 166. The van der Waals surface area contributed by atoms with Gasteiger partial charge in [-0.3, -0.25) is 0 Å². The maximum Gasteiger partial charge on any atom is 0.255 e. The number of ether oxygens (including phenoxy) is 1. The van der Waals surface area contributed by atoms with Crippen LogP contribution in [0.5, 0.6) is 0 Å². The summed E-state index contributed by atoms with van der Waals surface area (Å²) in [5.41, 5.74) is 0. The van der Waals surface area contributed by atoms with Crippen molar-refractivity contribution in [2.45, 2.75) is 19.8 Å². The van der Waals surface area contributed by atoms with E-state index < -0.39 is 0 Å². The first kappa shape index (κ1) is 11.3. The lowest BCUT2D eigenvalue weighted by atomic mass is 10.4. The van der Waals surface area contributed by atoms with Gasteiger partial charge in [-0.15, -0.1) is 0 Å². The second kappa shape index (κ2) is 8.40. The summed E-state index contributed by atoms with van der Waals surface area (Å²) >= 11 is 1.58. The number of aliphatic imine (C=N–C) groups is 1. The molecule has 0 unspecified atom stereocenters. The van der Waals surface area contributed by atoms with Crippen LogP contribution in [-0.4, -0.2) is 11.0 Å². The van der Waals surface area contributed by atoms with Gasteiger partial charge in [-0.1, -0.05) is 38.3 Å². The number of nitrogens with zero attached hydrogens (tertiary/aromatic N) is 1. The highest BCUT2D eigenvalue weighted by Gasteiger charge is 1.97. The second-order valence-corrected chi connectivity index (χ2v) is 3.11. The summed E-state index contributed by atoms with van der Waals surface area (Å²) in [6.07, 6.45) is 5.20. The van der Waals surface area contributed by atoms with Crippen molar-refractivity contribution in [3.05, 3.63) is 25.6 Å². The van der Waals surface area contributed by atoms with Gasteiger partial charge in [0.15, 0.2) is 0 Å². The monoisotopic (exact) mass is 185 g/mol. The summed E-state index contributed by atoms with van der Waals surface area (Å²) in [4.78, 5) is 3.94. The summed E-state index contributed by atoms with van der Waals surface area (Å²) in [6.45, 7) is 9.11. The third-order valence-electron chi connectivity index (χ3n) is 1.10. The molecule has 68 valence electrons. The van der Waals surface area contributed by atoms with Crippen LogP contribution in [0, 0.1) is 0 Å². The number of unbranched alkanes of at least 4 members (excludes halogenated alkanes) is 1. The van der Waals surface area contributed by atoms with Crippen molar-refractivity contribution in [3.63, 3.8) is 0 Å². The van der Waals surface area contributed by atoms with Crippen LogP contribution >= 0.6 is 11.8 Å². The van der Waals surface area contributed by atoms with Crippen LogP contribution in [-0.2, 0) is 4.74 Å². The first-order valence-corrected chi connectivity index (χ1v) is 4.92. The fraction of sp³-hybridized carbons (Fsp3) is 0.444. The fourth-order valence-corrected chi connectivity index (χ4v) is 1.44. The molecule has 0 bridgehead atoms. The highest BCUT2D eigenvalue weighted by atomic mass is 32.2. The van der Waals surface area contributed by atoms with Crippen LogP contribution < -0.4 is 0 Å². The minimum Gasteiger partial charge on any atom is -0.442 e. The molecule has 3 heteroatoms. The molecule has 0 aliphatic carbocycles. The Morgan fingerprint density at radius 3 is 2.83 bits per heavy atom. The van der Waals surface area contributed by atoms with Crippen molar-refractivity contribution in [2.75, 3.05) is 5.75 Å². The van der Waals surface area contributed by atoms with Gasteiger partial charge in [-0.05, 0) is 6.42 Å². The Kier molecular flexibility index (Phi) is 7.91. The highest BCUT2D eigenvalue weighted by molar-refractivity contribution is 8.13. The van der Waals surface area contributed by atoms with Crippen LogP contribution in [0.4, 0.5) is 0 Å². The number of hydrogen-bond acceptors (Lipinski definition) is 3. The molecule has 2 nitrogen and oxygen atoms in total. The molecule has 0 amide bonds. The van der Waals surface area contributed by atoms with Gasteiger partial charge in [0, 0.05) is 12.0 Å². The summed E-state index contributed by atoms with van der Waals surface area (Å²) in [5, 5.41) is 0.619. The van der Waals surface area contributed by atoms with Crippen molar-refractivity contribution in [1.29, 1.82) is 0 Å². The molecule has 0 atom stereocenters. The van der Waals surface area contributed by atoms with Crippen molar-refractivity contribution in [3.8, 4) is 0 Å². The molecule has 0 aromatic carbocycles. The molecule has 0 spiro atoms. The Labute approximate surface area is 78.4 Å². The predicted octanol–water partition coefficient (Wildman–Crippen LogP) is 3.18. The number of rotatable bonds is 5. The van der Waals surface area contributed by atoms with Crippen LogP contribution in [0.1, 0.15) is 19.8 Å². The fourth-order valence-electron chi connectivity index (χ4n) is 0.551. The van der Waals surface area contributed by atoms with Crippen LogP contribution in [0.3, 0.4) is 0 Å². The Morgan fingerprint density at radius 1 is 1.58 bits per heavy atom. The van der Waals surface area contributed by atoms with E-state index >= 15 is 0 Å². The van der Waals surface area contributed by atoms with Gasteiger partial charge in [0.2, 0.25) is 0 Å². The lowest BCUT2D eigenvalue weighted by Gasteiger charge is -2.01. The van der Waals surface area contributed by atoms with Gasteiger partial charge in [0.25, 0.3) is 5.23 Å². The number of thioether (sulfide) groups is 1. The minimum absolute atomic E-state index is 0.619. The molecule has 12 heavy (non-hydrogen) atoms. The molecule has 0 aliphatic heterocycles. The average molecular weight is 185 g/mol. The topological polar surface area (TPSA) is 21.6 Å². The van der Waals surface area contributed by atoms with E-state index in [9.17, 15) is 0 Å². The molecule has 0 rings (SSSR count). The highest BCUT2D eigenvalue weighted by Crippen LogP contribution is 2.09. The largest absolute Gasteiger partial charge is 0.442 e. The first-order valence-electron chi connectivity index (χ1n) is 3.94. The van der Waals surface area contributed by atoms with Crippen molar-refractivity contribution in [2.24, 2.45) is 4.99 Å². The van der Waals surface area contributed by atoms with E-state index in [0.717, 1.165) is 5.75 Å². The normalized spacial score (nSPS) is 10.9. The number of hydrogen-bond donors (Lipinski definition) is 0. The average Bonchev–Trinajstić information content (AvgIpc) is 2.06. The molecular weight excluding hydrogens is 170 g/mol. The zero-order chi connectivity index (χ0) is 9.23. The van der Waals surface area contributed by atoms with Crippen LogP contribution in [0.25, 0.3) is 0 Å². The molecule has 0 fully saturated rings. The third kappa shape index (κ3) is 6.04. The van der Waals surface area contributed by atoms with E-state index in [1.165, 1.54) is 25.3 Å². The molecule has 0 radical (unpaired) electrons. The summed E-state index contributed by atoms with van der Waals surface area (Å²) in [6, 6.07) is 0. The maximum atomic E-state index is 5.03. The van der Waals surface area contributed by atoms with Gasteiger partial charge < -0.3 is 4.74 Å². The SMILES string of the molecule is C=CN=C(OC=C)SCCCC. The quantitative estimate of drug-likeness (QED) is 0.284. The van der Waals surface area contributed by atoms with Gasteiger partial charge in [0.05, 0.1) is 6.26 Å². The van der Waals surface area contributed by atoms with Crippen molar-refractivity contribution in [1.82, 2.24) is 0 Å². The van der Waals surface area contributed by atoms with E-state index in [2.05, 4.69) is 25.1 Å². The summed E-state index contributed by atoms with van der Waals surface area (Å²) in [5.74, 6) is 1.02. The van der Waals surface area contributed by atoms with Crippen molar-refractivity contribution >= 4 is 17.0 Å². The van der Waals surface area contributed by atoms with E-state index in [-0.39, 0.29) is 0 Å². The van der Waals surface area contributed by atoms with Gasteiger partial charge >= 0.3 is 0 Å². The zero-order valence-electron chi connectivity index (χ0n) is 7.45. The van der Waals surface area contributed by atoms with E-state index in [0.29, 0.717) is 5.23 Å². The van der Waals surface area contributed by atoms with Crippen LogP contribution in [0.2, 0.25) is 0 Å². The standard InChI is InChI=1S/C9H15NOS/c1-4-7-8-12-9(10-5-2)11-6-3/h5-6H,2-4,7-8H2,1H3. The molecule has 0 N–H and O–H groups in total. The third-order valence-corrected chi connectivity index (χ3v) is 2.05. The second-order valence-electron chi connectivity index (χ2n) is 2.06. The first-order chi connectivity index (χ1) is 5.85. The Balaban J connectivity index is 3.70. The lowest BCUT2D eigenvalue weighted by molar-refractivity contribution is 0.489. The molecule has 0 aromatic rings. The zero-order valence-corrected chi connectivity index (χ0v) is 8.27. The summed E-state index contributed by atoms with van der Waals surface area (Å²) in [7, 11) is 0. The van der Waals surface area contributed by atoms with Crippen molar-refractivity contribution < 1.29 is 4.74 Å². The molecular formula is C9H15NOS. The Morgan fingerprint density at radius 2 is 2.33 bits per heavy atom. The molecule has 0 aliphatic rings. The van der Waals surface area contributed by atoms with E-state index in [1.54, 1.807) is 11.8 Å². The van der Waals surface area contributed by atoms with E-state index in [1.807, 2.05) is 0 Å². The van der Waals surface area contributed by atoms with E-state index in [4.69, 9.17) is 4.74 Å². The molecule has 0 aromatic heterocycles. The Hall–Kier alpha value is -0.700. The molecule has 0 saturated carbocycles. The maximum absolute atomic E-state index is 5.03. The van der Waals surface area contributed by atoms with Gasteiger partial charge in [-0.2, -0.15) is 0 Å². The van der Waals surface area contributed by atoms with Gasteiger partial charge in [0.1, 0.15) is 0 Å². The minimum atomic E-state index is 0.619. The van der Waals surface area contributed by atoms with Gasteiger partial charge in [-0.25, -0.2) is 4.99 Å².